The highest BCUT2D eigenvalue weighted by molar-refractivity contribution is 7.85. The Morgan fingerprint density at radius 1 is 1.67 bits per heavy atom. The van der Waals surface area contributed by atoms with Crippen LogP contribution in [-0.2, 0) is 0 Å². The van der Waals surface area contributed by atoms with Gasteiger partial charge in [-0.3, -0.25) is 0 Å². The van der Waals surface area contributed by atoms with Gasteiger partial charge < -0.3 is 0 Å². The van der Waals surface area contributed by atoms with E-state index in [1.807, 2.05) is 6.92 Å². The van der Waals surface area contributed by atoms with Gasteiger partial charge in [-0.05, 0) is 6.42 Å². The van der Waals surface area contributed by atoms with E-state index in [0.717, 1.165) is 0 Å². The van der Waals surface area contributed by atoms with Crippen molar-refractivity contribution in [2.75, 3.05) is 0 Å². The topological polar surface area (TPSA) is 0 Å². The third-order valence-corrected chi connectivity index (χ3v) is 1.28. The van der Waals surface area contributed by atoms with E-state index in [-0.39, 0.29) is 0 Å². The average molecular weight is 145 g/mol. The molecule has 0 aliphatic rings. The summed E-state index contributed by atoms with van der Waals surface area (Å²) < 4.78 is -0.819. The second kappa shape index (κ2) is 2.29. The average Bonchev–Trinajstić information content (AvgIpc) is 1.35. The molecule has 6 heavy (non-hydrogen) atoms. The maximum Gasteiger partial charge on any atom is 0.160 e. The van der Waals surface area contributed by atoms with Crippen molar-refractivity contribution in [1.29, 1.82) is 0 Å². The summed E-state index contributed by atoms with van der Waals surface area (Å²) in [6, 6.07) is 0. The maximum absolute atomic E-state index is 5.35. The number of hydrogen-bond acceptors (Lipinski definition) is 1. The third-order valence-electron chi connectivity index (χ3n) is 0.425. The largest absolute Gasteiger partial charge is 0.160 e. The molecule has 0 aromatic carbocycles. The zero-order chi connectivity index (χ0) is 5.21. The van der Waals surface area contributed by atoms with E-state index in [2.05, 4.69) is 12.6 Å². The number of alkyl halides is 2. The molecule has 0 unspecified atom stereocenters. The minimum absolute atomic E-state index is 0.666. The van der Waals surface area contributed by atoms with Crippen LogP contribution in [0.1, 0.15) is 13.3 Å². The van der Waals surface area contributed by atoms with Crippen LogP contribution in [0.3, 0.4) is 0 Å². The smallest absolute Gasteiger partial charge is 0.141 e. The predicted octanol–water partition coefficient (Wildman–Crippen LogP) is 2.46. The summed E-state index contributed by atoms with van der Waals surface area (Å²) in [5.41, 5.74) is 0. The summed E-state index contributed by atoms with van der Waals surface area (Å²) in [4.78, 5) is 0. The highest BCUT2D eigenvalue weighted by atomic mass is 35.5. The molecule has 0 aliphatic heterocycles. The maximum atomic E-state index is 5.35. The molecule has 0 spiro atoms. The van der Waals surface area contributed by atoms with Gasteiger partial charge in [-0.1, -0.05) is 30.1 Å². The van der Waals surface area contributed by atoms with E-state index in [4.69, 9.17) is 23.2 Å². The number of halogens is 2. The molecule has 0 saturated carbocycles. The fraction of sp³-hybridized carbons (Fsp3) is 1.00. The Labute approximate surface area is 53.2 Å². The molecule has 0 aliphatic carbocycles. The molecular weight excluding hydrogens is 139 g/mol. The zero-order valence-corrected chi connectivity index (χ0v) is 5.82. The SMILES string of the molecule is CCC(S)(Cl)Cl. The molecule has 0 radical (unpaired) electrons. The van der Waals surface area contributed by atoms with Crippen molar-refractivity contribution in [2.45, 2.75) is 17.0 Å². The van der Waals surface area contributed by atoms with Crippen molar-refractivity contribution >= 4 is 35.8 Å². The molecule has 0 atom stereocenters. The van der Waals surface area contributed by atoms with Crippen LogP contribution < -0.4 is 0 Å². The van der Waals surface area contributed by atoms with Crippen LogP contribution in [0.25, 0.3) is 0 Å². The molecule has 0 nitrogen and oxygen atoms in total. The molecule has 38 valence electrons. The van der Waals surface area contributed by atoms with Crippen LogP contribution >= 0.6 is 35.8 Å². The lowest BCUT2D eigenvalue weighted by molar-refractivity contribution is 0.992. The van der Waals surface area contributed by atoms with Gasteiger partial charge in [0, 0.05) is 0 Å². The van der Waals surface area contributed by atoms with E-state index < -0.39 is 3.67 Å². The Bertz CT molecular complexity index is 38.5. The van der Waals surface area contributed by atoms with Crippen LogP contribution in [0.5, 0.6) is 0 Å². The van der Waals surface area contributed by atoms with E-state index in [1.165, 1.54) is 0 Å². The van der Waals surface area contributed by atoms with Gasteiger partial charge in [0.15, 0.2) is 3.67 Å². The van der Waals surface area contributed by atoms with Crippen molar-refractivity contribution < 1.29 is 0 Å². The van der Waals surface area contributed by atoms with Crippen LogP contribution in [0.2, 0.25) is 0 Å². The molecule has 0 aromatic heterocycles. The Hall–Kier alpha value is 0.930. The van der Waals surface area contributed by atoms with Crippen molar-refractivity contribution in [3.63, 3.8) is 0 Å². The molecule has 0 heterocycles. The summed E-state index contributed by atoms with van der Waals surface area (Å²) >= 11 is 14.5. The normalized spacial score (nSPS) is 12.0. The minimum Gasteiger partial charge on any atom is -0.141 e. The zero-order valence-electron chi connectivity index (χ0n) is 3.41. The molecule has 0 rings (SSSR count). The van der Waals surface area contributed by atoms with Crippen LogP contribution in [-0.4, -0.2) is 3.67 Å². The number of rotatable bonds is 1. The van der Waals surface area contributed by atoms with Gasteiger partial charge >= 0.3 is 0 Å². The van der Waals surface area contributed by atoms with Gasteiger partial charge in [0.05, 0.1) is 0 Å². The lowest BCUT2D eigenvalue weighted by Gasteiger charge is -2.04. The van der Waals surface area contributed by atoms with Crippen LogP contribution in [0.4, 0.5) is 0 Å². The van der Waals surface area contributed by atoms with E-state index >= 15 is 0 Å². The molecule has 0 N–H and O–H groups in total. The summed E-state index contributed by atoms with van der Waals surface area (Å²) in [6.07, 6.45) is 0.666. The first-order chi connectivity index (χ1) is 2.56. The Morgan fingerprint density at radius 2 is 1.83 bits per heavy atom. The van der Waals surface area contributed by atoms with Crippen molar-refractivity contribution in [3.05, 3.63) is 0 Å². The first-order valence-corrected chi connectivity index (χ1v) is 2.87. The first-order valence-electron chi connectivity index (χ1n) is 1.66. The summed E-state index contributed by atoms with van der Waals surface area (Å²) in [5.74, 6) is 0. The summed E-state index contributed by atoms with van der Waals surface area (Å²) in [6.45, 7) is 1.87. The van der Waals surface area contributed by atoms with E-state index in [9.17, 15) is 0 Å². The second-order valence-corrected chi connectivity index (χ2v) is 3.79. The Kier molecular flexibility index (Phi) is 2.65. The number of thiol groups is 1. The molecule has 0 saturated heterocycles. The lowest BCUT2D eigenvalue weighted by Crippen LogP contribution is -1.96. The number of hydrogen-bond donors (Lipinski definition) is 1. The highest BCUT2D eigenvalue weighted by Crippen LogP contribution is 2.28. The molecular formula is C3H6Cl2S. The van der Waals surface area contributed by atoms with Gasteiger partial charge in [-0.2, -0.15) is 0 Å². The molecule has 0 aromatic rings. The van der Waals surface area contributed by atoms with Crippen LogP contribution in [0, 0.1) is 0 Å². The fourth-order valence-electron chi connectivity index (χ4n) is 0. The quantitative estimate of drug-likeness (QED) is 0.425. The molecule has 0 bridgehead atoms. The Morgan fingerprint density at radius 3 is 1.83 bits per heavy atom. The standard InChI is InChI=1S/C3H6Cl2S/c1-2-3(4,5)6/h6H,2H2,1H3. The fourth-order valence-corrected chi connectivity index (χ4v) is 0. The van der Waals surface area contributed by atoms with E-state index in [1.54, 1.807) is 0 Å². The van der Waals surface area contributed by atoms with Gasteiger partial charge in [0.2, 0.25) is 0 Å². The van der Waals surface area contributed by atoms with Gasteiger partial charge in [-0.25, -0.2) is 0 Å². The summed E-state index contributed by atoms with van der Waals surface area (Å²) in [7, 11) is 0. The molecule has 0 fully saturated rings. The van der Waals surface area contributed by atoms with Gasteiger partial charge in [-0.15, -0.1) is 12.6 Å². The summed E-state index contributed by atoms with van der Waals surface area (Å²) in [5, 5.41) is 0. The highest BCUT2D eigenvalue weighted by Gasteiger charge is 2.11. The minimum atomic E-state index is -0.819. The van der Waals surface area contributed by atoms with Crippen molar-refractivity contribution in [1.82, 2.24) is 0 Å². The first kappa shape index (κ1) is 6.93. The van der Waals surface area contributed by atoms with Gasteiger partial charge in [0.1, 0.15) is 0 Å². The van der Waals surface area contributed by atoms with Crippen molar-refractivity contribution in [2.24, 2.45) is 0 Å². The lowest BCUT2D eigenvalue weighted by atomic mass is 10.6. The second-order valence-electron chi connectivity index (χ2n) is 1.02. The van der Waals surface area contributed by atoms with E-state index in [0.29, 0.717) is 6.42 Å². The van der Waals surface area contributed by atoms with Crippen LogP contribution in [0.15, 0.2) is 0 Å². The Balaban J connectivity index is 3.17. The van der Waals surface area contributed by atoms with Crippen molar-refractivity contribution in [3.8, 4) is 0 Å². The third kappa shape index (κ3) is 4.93. The molecule has 0 amide bonds. The van der Waals surface area contributed by atoms with Gasteiger partial charge in [0.25, 0.3) is 0 Å². The monoisotopic (exact) mass is 144 g/mol. The molecule has 3 heteroatoms. The predicted molar refractivity (Wildman–Crippen MR) is 33.7 cm³/mol.